The molecule has 6 heteroatoms. The Morgan fingerprint density at radius 2 is 1.43 bits per heavy atom. The molecule has 0 radical (unpaired) electrons. The Balaban J connectivity index is 0.000000264. The molecule has 0 fully saturated rings. The third-order valence-corrected chi connectivity index (χ3v) is 4.11. The number of carbonyl (C=O) groups excluding carboxylic acids is 2. The van der Waals surface area contributed by atoms with E-state index < -0.39 is 0 Å². The second-order valence-electron chi connectivity index (χ2n) is 6.50. The maximum atomic E-state index is 10.1. The highest BCUT2D eigenvalue weighted by molar-refractivity contribution is 5.80. The average Bonchev–Trinajstić information content (AvgIpc) is 2.77. The summed E-state index contributed by atoms with van der Waals surface area (Å²) in [7, 11) is 3.37. The normalized spacial score (nSPS) is 9.10. The van der Waals surface area contributed by atoms with E-state index in [1.54, 1.807) is 7.05 Å². The summed E-state index contributed by atoms with van der Waals surface area (Å²) in [6, 6.07) is 18.1. The van der Waals surface area contributed by atoms with Gasteiger partial charge >= 0.3 is 0 Å². The minimum absolute atomic E-state index is 0.625. The van der Waals surface area contributed by atoms with Crippen molar-refractivity contribution in [2.24, 2.45) is 0 Å². The summed E-state index contributed by atoms with van der Waals surface area (Å²) in [5, 5.41) is 7.79. The van der Waals surface area contributed by atoms with Gasteiger partial charge in [-0.2, -0.15) is 0 Å². The molecule has 0 saturated carbocycles. The molecule has 0 aliphatic carbocycles. The van der Waals surface area contributed by atoms with Gasteiger partial charge in [0.1, 0.15) is 0 Å². The van der Waals surface area contributed by atoms with Gasteiger partial charge in [-0.05, 0) is 56.2 Å². The van der Waals surface area contributed by atoms with Gasteiger partial charge in [-0.3, -0.25) is 14.6 Å². The molecule has 1 heterocycles. The molecule has 0 aliphatic heterocycles. The number of nitrogens with one attached hydrogen (secondary N) is 3. The number of para-hydroxylation sites is 2. The third-order valence-electron chi connectivity index (χ3n) is 4.11. The number of rotatable bonds is 5. The number of amides is 2. The number of nitrogens with zero attached hydrogens (tertiary/aromatic N) is 1. The summed E-state index contributed by atoms with van der Waals surface area (Å²) in [6.45, 7) is 6.29. The van der Waals surface area contributed by atoms with Crippen molar-refractivity contribution in [3.8, 4) is 11.3 Å². The highest BCUT2D eigenvalue weighted by Crippen LogP contribution is 2.22. The lowest BCUT2D eigenvalue weighted by Crippen LogP contribution is -1.98. The highest BCUT2D eigenvalue weighted by atomic mass is 16.1. The van der Waals surface area contributed by atoms with Crippen molar-refractivity contribution in [2.45, 2.75) is 20.8 Å². The minimum Gasteiger partial charge on any atom is -0.386 e. The Kier molecular flexibility index (Phi) is 11.0. The van der Waals surface area contributed by atoms with Crippen LogP contribution < -0.4 is 16.0 Å². The molecule has 3 aromatic rings. The van der Waals surface area contributed by atoms with Gasteiger partial charge in [-0.1, -0.05) is 35.9 Å². The molecule has 2 amide bonds. The van der Waals surface area contributed by atoms with Gasteiger partial charge in [-0.15, -0.1) is 0 Å². The summed E-state index contributed by atoms with van der Waals surface area (Å²) < 4.78 is 0. The number of aromatic nitrogens is 1. The molecular weight excluding hydrogens is 376 g/mol. The quantitative estimate of drug-likeness (QED) is 0.551. The first-order chi connectivity index (χ1) is 14.5. The molecular formula is C24H30N4O2. The fourth-order valence-electron chi connectivity index (χ4n) is 2.53. The lowest BCUT2D eigenvalue weighted by Gasteiger charge is -2.06. The summed E-state index contributed by atoms with van der Waals surface area (Å²) in [5.41, 5.74) is 7.75. The first kappa shape index (κ1) is 24.4. The number of hydrogen-bond donors (Lipinski definition) is 3. The number of aryl methyl sites for hydroxylation is 3. The van der Waals surface area contributed by atoms with Crippen LogP contribution in [0.3, 0.4) is 0 Å². The van der Waals surface area contributed by atoms with Crippen molar-refractivity contribution in [3.63, 3.8) is 0 Å². The van der Waals surface area contributed by atoms with Crippen molar-refractivity contribution in [1.29, 1.82) is 0 Å². The van der Waals surface area contributed by atoms with E-state index in [2.05, 4.69) is 72.0 Å². The van der Waals surface area contributed by atoms with Gasteiger partial charge in [0.2, 0.25) is 12.8 Å². The summed E-state index contributed by atoms with van der Waals surface area (Å²) >= 11 is 0. The van der Waals surface area contributed by atoms with E-state index in [1.807, 2.05) is 37.5 Å². The van der Waals surface area contributed by atoms with E-state index in [0.29, 0.717) is 12.8 Å². The Labute approximate surface area is 178 Å². The molecule has 6 nitrogen and oxygen atoms in total. The second-order valence-corrected chi connectivity index (χ2v) is 6.50. The summed E-state index contributed by atoms with van der Waals surface area (Å²) in [4.78, 5) is 23.6. The molecule has 0 aliphatic rings. The van der Waals surface area contributed by atoms with Crippen molar-refractivity contribution >= 4 is 24.2 Å². The monoisotopic (exact) mass is 406 g/mol. The maximum absolute atomic E-state index is 10.1. The van der Waals surface area contributed by atoms with E-state index in [-0.39, 0.29) is 0 Å². The van der Waals surface area contributed by atoms with Crippen LogP contribution in [0, 0.1) is 20.8 Å². The third kappa shape index (κ3) is 8.14. The zero-order valence-electron chi connectivity index (χ0n) is 18.2. The van der Waals surface area contributed by atoms with E-state index in [9.17, 15) is 4.79 Å². The van der Waals surface area contributed by atoms with Crippen molar-refractivity contribution in [3.05, 3.63) is 77.5 Å². The fraction of sp³-hybridized carbons (Fsp3) is 0.208. The van der Waals surface area contributed by atoms with Crippen LogP contribution in [0.1, 0.15) is 16.7 Å². The minimum atomic E-state index is 0.625. The lowest BCUT2D eigenvalue weighted by atomic mass is 10.0. The van der Waals surface area contributed by atoms with Crippen LogP contribution in [0.2, 0.25) is 0 Å². The van der Waals surface area contributed by atoms with Gasteiger partial charge in [0, 0.05) is 25.9 Å². The van der Waals surface area contributed by atoms with E-state index in [1.165, 1.54) is 22.3 Å². The predicted octanol–water partition coefficient (Wildman–Crippen LogP) is 4.33. The SMILES string of the molecule is CNC=O.CNc1ccccc1NC=O.Cc1ccc(-c2cc(C)ccc2C)nc1. The van der Waals surface area contributed by atoms with Crippen LogP contribution in [0.5, 0.6) is 0 Å². The van der Waals surface area contributed by atoms with Gasteiger partial charge in [0.05, 0.1) is 17.1 Å². The lowest BCUT2D eigenvalue weighted by molar-refractivity contribution is -0.109. The number of carbonyl (C=O) groups is 2. The van der Waals surface area contributed by atoms with E-state index in [0.717, 1.165) is 17.1 Å². The molecule has 0 spiro atoms. The standard InChI is InChI=1S/C14H15N.C8H10N2O.C2H5NO/c1-10-4-6-12(3)13(8-10)14-7-5-11(2)9-15-14;1-9-7-4-2-3-5-8(7)10-6-11;1-3-2-4/h4-9H,1-3H3;2-6,9H,1H3,(H,10,11);2H,1H3,(H,3,4). The molecule has 0 unspecified atom stereocenters. The molecule has 1 aromatic heterocycles. The number of anilines is 2. The van der Waals surface area contributed by atoms with Crippen LogP contribution in [-0.4, -0.2) is 31.9 Å². The van der Waals surface area contributed by atoms with Crippen molar-refractivity contribution < 1.29 is 9.59 Å². The Hall–Kier alpha value is -3.67. The first-order valence-electron chi connectivity index (χ1n) is 9.55. The van der Waals surface area contributed by atoms with E-state index >= 15 is 0 Å². The molecule has 3 rings (SSSR count). The van der Waals surface area contributed by atoms with Gasteiger partial charge in [-0.25, -0.2) is 0 Å². The number of hydrogen-bond acceptors (Lipinski definition) is 4. The zero-order chi connectivity index (χ0) is 22.4. The Morgan fingerprint density at radius 1 is 0.800 bits per heavy atom. The van der Waals surface area contributed by atoms with Crippen LogP contribution in [-0.2, 0) is 9.59 Å². The highest BCUT2D eigenvalue weighted by Gasteiger charge is 2.02. The van der Waals surface area contributed by atoms with Gasteiger partial charge in [0.15, 0.2) is 0 Å². The van der Waals surface area contributed by atoms with Crippen LogP contribution >= 0.6 is 0 Å². The largest absolute Gasteiger partial charge is 0.386 e. The molecule has 158 valence electrons. The van der Waals surface area contributed by atoms with Gasteiger partial charge < -0.3 is 16.0 Å². The number of pyridine rings is 1. The fourth-order valence-corrected chi connectivity index (χ4v) is 2.53. The number of benzene rings is 2. The van der Waals surface area contributed by atoms with Gasteiger partial charge in [0.25, 0.3) is 0 Å². The summed E-state index contributed by atoms with van der Waals surface area (Å²) in [6.07, 6.45) is 3.20. The van der Waals surface area contributed by atoms with Crippen LogP contribution in [0.15, 0.2) is 60.8 Å². The average molecular weight is 407 g/mol. The Bertz CT molecular complexity index is 925. The molecule has 3 N–H and O–H groups in total. The second kappa shape index (κ2) is 13.5. The Morgan fingerprint density at radius 3 is 1.97 bits per heavy atom. The zero-order valence-corrected chi connectivity index (χ0v) is 18.2. The summed E-state index contributed by atoms with van der Waals surface area (Å²) in [5.74, 6) is 0. The first-order valence-corrected chi connectivity index (χ1v) is 9.55. The molecule has 2 aromatic carbocycles. The molecule has 0 atom stereocenters. The predicted molar refractivity (Wildman–Crippen MR) is 125 cm³/mol. The topological polar surface area (TPSA) is 83.1 Å². The van der Waals surface area contributed by atoms with Crippen LogP contribution in [0.4, 0.5) is 11.4 Å². The molecule has 0 bridgehead atoms. The molecule has 30 heavy (non-hydrogen) atoms. The van der Waals surface area contributed by atoms with Crippen molar-refractivity contribution in [1.82, 2.24) is 10.3 Å². The van der Waals surface area contributed by atoms with E-state index in [4.69, 9.17) is 4.79 Å². The van der Waals surface area contributed by atoms with Crippen LogP contribution in [0.25, 0.3) is 11.3 Å². The maximum Gasteiger partial charge on any atom is 0.211 e. The molecule has 0 saturated heterocycles. The van der Waals surface area contributed by atoms with Crippen molar-refractivity contribution in [2.75, 3.05) is 24.7 Å². The smallest absolute Gasteiger partial charge is 0.211 e.